The molecule has 0 saturated heterocycles. The van der Waals surface area contributed by atoms with Crippen LogP contribution in [0.2, 0.25) is 0 Å². The zero-order valence-electron chi connectivity index (χ0n) is 10.3. The minimum absolute atomic E-state index is 0.196. The van der Waals surface area contributed by atoms with E-state index in [9.17, 15) is 4.79 Å². The molecule has 0 radical (unpaired) electrons. The van der Waals surface area contributed by atoms with Crippen LogP contribution in [0, 0.1) is 0 Å². The molecular formula is C14H14N2O2. The number of allylic oxidation sites excluding steroid dienone is 1. The lowest BCUT2D eigenvalue weighted by atomic mass is 10.2. The van der Waals surface area contributed by atoms with E-state index in [1.54, 1.807) is 11.1 Å². The second-order valence-electron chi connectivity index (χ2n) is 4.04. The third-order valence-electron chi connectivity index (χ3n) is 2.29. The van der Waals surface area contributed by atoms with Crippen LogP contribution in [0.25, 0.3) is 11.5 Å². The molecule has 18 heavy (non-hydrogen) atoms. The van der Waals surface area contributed by atoms with Gasteiger partial charge in [0.1, 0.15) is 0 Å². The predicted octanol–water partition coefficient (Wildman–Crippen LogP) is 2.60. The molecule has 0 unspecified atom stereocenters. The normalized spacial score (nSPS) is 10.8. The Hall–Kier alpha value is -2.36. The predicted molar refractivity (Wildman–Crippen MR) is 69.1 cm³/mol. The van der Waals surface area contributed by atoms with Gasteiger partial charge in [-0.05, 0) is 12.1 Å². The molecule has 0 aliphatic heterocycles. The lowest BCUT2D eigenvalue weighted by molar-refractivity contribution is 0.102. The molecule has 4 heteroatoms. The number of carbonyl (C=O) groups is 1. The van der Waals surface area contributed by atoms with Gasteiger partial charge >= 0.3 is 0 Å². The summed E-state index contributed by atoms with van der Waals surface area (Å²) in [7, 11) is 3.69. The Morgan fingerprint density at radius 1 is 1.28 bits per heavy atom. The van der Waals surface area contributed by atoms with E-state index in [4.69, 9.17) is 4.42 Å². The number of benzene rings is 1. The van der Waals surface area contributed by atoms with Crippen molar-refractivity contribution in [1.82, 2.24) is 9.88 Å². The van der Waals surface area contributed by atoms with Crippen LogP contribution in [0.5, 0.6) is 0 Å². The van der Waals surface area contributed by atoms with Crippen molar-refractivity contribution in [3.63, 3.8) is 0 Å². The summed E-state index contributed by atoms with van der Waals surface area (Å²) in [5, 5.41) is 0. The van der Waals surface area contributed by atoms with Crippen LogP contribution < -0.4 is 0 Å². The van der Waals surface area contributed by atoms with Gasteiger partial charge in [-0.2, -0.15) is 0 Å². The van der Waals surface area contributed by atoms with Crippen molar-refractivity contribution >= 4 is 5.78 Å². The van der Waals surface area contributed by atoms with Crippen molar-refractivity contribution in [2.45, 2.75) is 0 Å². The molecule has 0 atom stereocenters. The zero-order chi connectivity index (χ0) is 13.0. The van der Waals surface area contributed by atoms with Gasteiger partial charge in [0.15, 0.2) is 5.76 Å². The number of hydrogen-bond acceptors (Lipinski definition) is 4. The Kier molecular flexibility index (Phi) is 3.57. The van der Waals surface area contributed by atoms with Gasteiger partial charge in [0.05, 0.1) is 6.20 Å². The molecule has 2 aromatic rings. The summed E-state index contributed by atoms with van der Waals surface area (Å²) in [5.41, 5.74) is 0.855. The first kappa shape index (κ1) is 12.1. The van der Waals surface area contributed by atoms with Crippen LogP contribution in [0.15, 0.2) is 53.2 Å². The number of rotatable bonds is 4. The quantitative estimate of drug-likeness (QED) is 0.610. The Bertz CT molecular complexity index is 556. The monoisotopic (exact) mass is 242 g/mol. The molecule has 1 aromatic carbocycles. The number of hydrogen-bond donors (Lipinski definition) is 0. The largest absolute Gasteiger partial charge is 0.433 e. The van der Waals surface area contributed by atoms with Gasteiger partial charge < -0.3 is 9.32 Å². The molecule has 1 heterocycles. The molecule has 0 aliphatic carbocycles. The van der Waals surface area contributed by atoms with E-state index in [1.807, 2.05) is 44.4 Å². The molecular weight excluding hydrogens is 228 g/mol. The van der Waals surface area contributed by atoms with E-state index in [2.05, 4.69) is 4.98 Å². The summed E-state index contributed by atoms with van der Waals surface area (Å²) >= 11 is 0. The molecule has 92 valence electrons. The summed E-state index contributed by atoms with van der Waals surface area (Å²) in [4.78, 5) is 17.6. The maximum atomic E-state index is 11.7. The number of ketones is 1. The van der Waals surface area contributed by atoms with E-state index in [0.717, 1.165) is 5.56 Å². The highest BCUT2D eigenvalue weighted by molar-refractivity contribution is 6.02. The second-order valence-corrected chi connectivity index (χ2v) is 4.04. The van der Waals surface area contributed by atoms with Gasteiger partial charge in [-0.15, -0.1) is 0 Å². The van der Waals surface area contributed by atoms with Crippen molar-refractivity contribution in [1.29, 1.82) is 0 Å². The van der Waals surface area contributed by atoms with E-state index >= 15 is 0 Å². The summed E-state index contributed by atoms with van der Waals surface area (Å²) in [6.07, 6.45) is 4.58. The van der Waals surface area contributed by atoms with Crippen molar-refractivity contribution in [2.75, 3.05) is 14.1 Å². The van der Waals surface area contributed by atoms with Gasteiger partial charge in [-0.1, -0.05) is 18.2 Å². The van der Waals surface area contributed by atoms with Crippen LogP contribution in [0.1, 0.15) is 10.6 Å². The molecule has 0 fully saturated rings. The first-order valence-corrected chi connectivity index (χ1v) is 5.57. The lowest BCUT2D eigenvalue weighted by Gasteiger charge is -2.01. The molecule has 0 spiro atoms. The van der Waals surface area contributed by atoms with Gasteiger partial charge in [-0.25, -0.2) is 4.98 Å². The molecule has 2 rings (SSSR count). The average Bonchev–Trinajstić information content (AvgIpc) is 2.86. The fourth-order valence-corrected chi connectivity index (χ4v) is 1.40. The Balaban J connectivity index is 2.19. The van der Waals surface area contributed by atoms with Crippen LogP contribution >= 0.6 is 0 Å². The third kappa shape index (κ3) is 2.85. The Morgan fingerprint density at radius 3 is 2.67 bits per heavy atom. The minimum Gasteiger partial charge on any atom is -0.433 e. The van der Waals surface area contributed by atoms with Crippen molar-refractivity contribution in [2.24, 2.45) is 0 Å². The Labute approximate surface area is 106 Å². The van der Waals surface area contributed by atoms with Crippen molar-refractivity contribution in [3.8, 4) is 11.5 Å². The smallest absolute Gasteiger partial charge is 0.226 e. The van der Waals surface area contributed by atoms with Crippen LogP contribution in [-0.2, 0) is 0 Å². The van der Waals surface area contributed by atoms with E-state index < -0.39 is 0 Å². The lowest BCUT2D eigenvalue weighted by Crippen LogP contribution is -2.02. The molecule has 0 N–H and O–H groups in total. The average molecular weight is 242 g/mol. The summed E-state index contributed by atoms with van der Waals surface area (Å²) < 4.78 is 5.43. The standard InChI is InChI=1S/C14H14N2O2/c1-16(2)9-8-12(17)13-10-15-14(18-13)11-6-4-3-5-7-11/h3-10H,1-2H3. The van der Waals surface area contributed by atoms with Crippen molar-refractivity contribution in [3.05, 3.63) is 54.6 Å². The second kappa shape index (κ2) is 5.31. The van der Waals surface area contributed by atoms with E-state index in [1.165, 1.54) is 12.3 Å². The van der Waals surface area contributed by atoms with Crippen LogP contribution in [-0.4, -0.2) is 29.8 Å². The zero-order valence-corrected chi connectivity index (χ0v) is 10.3. The molecule has 4 nitrogen and oxygen atoms in total. The molecule has 0 bridgehead atoms. The minimum atomic E-state index is -0.196. The fraction of sp³-hybridized carbons (Fsp3) is 0.143. The molecule has 0 aliphatic rings. The van der Waals surface area contributed by atoms with E-state index in [-0.39, 0.29) is 11.5 Å². The van der Waals surface area contributed by atoms with Crippen LogP contribution in [0.4, 0.5) is 0 Å². The maximum Gasteiger partial charge on any atom is 0.226 e. The van der Waals surface area contributed by atoms with Gasteiger partial charge in [-0.3, -0.25) is 4.79 Å². The van der Waals surface area contributed by atoms with Crippen LogP contribution in [0.3, 0.4) is 0 Å². The number of aromatic nitrogens is 1. The highest BCUT2D eigenvalue weighted by Crippen LogP contribution is 2.18. The number of carbonyl (C=O) groups excluding carboxylic acids is 1. The summed E-state index contributed by atoms with van der Waals surface area (Å²) in [5.74, 6) is 0.502. The third-order valence-corrected chi connectivity index (χ3v) is 2.29. The first-order valence-electron chi connectivity index (χ1n) is 5.57. The topological polar surface area (TPSA) is 46.3 Å². The van der Waals surface area contributed by atoms with E-state index in [0.29, 0.717) is 5.89 Å². The molecule has 0 amide bonds. The van der Waals surface area contributed by atoms with Gasteiger partial charge in [0.25, 0.3) is 0 Å². The summed E-state index contributed by atoms with van der Waals surface area (Å²) in [6.45, 7) is 0. The summed E-state index contributed by atoms with van der Waals surface area (Å²) in [6, 6.07) is 9.48. The molecule has 0 saturated carbocycles. The van der Waals surface area contributed by atoms with Gasteiger partial charge in [0, 0.05) is 31.9 Å². The van der Waals surface area contributed by atoms with Gasteiger partial charge in [0.2, 0.25) is 11.7 Å². The van der Waals surface area contributed by atoms with Crippen molar-refractivity contribution < 1.29 is 9.21 Å². The number of nitrogens with zero attached hydrogens (tertiary/aromatic N) is 2. The first-order chi connectivity index (χ1) is 8.66. The maximum absolute atomic E-state index is 11.7. The SMILES string of the molecule is CN(C)C=CC(=O)c1cnc(-c2ccccc2)o1. The highest BCUT2D eigenvalue weighted by Gasteiger charge is 2.10. The highest BCUT2D eigenvalue weighted by atomic mass is 16.4. The number of oxazole rings is 1. The molecule has 1 aromatic heterocycles. The Morgan fingerprint density at radius 2 is 2.00 bits per heavy atom. The fourth-order valence-electron chi connectivity index (χ4n) is 1.40.